The van der Waals surface area contributed by atoms with E-state index in [0.717, 1.165) is 17.3 Å². The van der Waals surface area contributed by atoms with Crippen molar-refractivity contribution in [2.75, 3.05) is 4.90 Å². The van der Waals surface area contributed by atoms with Gasteiger partial charge in [0, 0.05) is 22.0 Å². The molecule has 1 aliphatic rings. The fourth-order valence-corrected chi connectivity index (χ4v) is 4.55. The Morgan fingerprint density at radius 1 is 1.17 bits per heavy atom. The van der Waals surface area contributed by atoms with E-state index in [1.165, 1.54) is 28.4 Å². The van der Waals surface area contributed by atoms with E-state index in [4.69, 9.17) is 17.0 Å². The summed E-state index contributed by atoms with van der Waals surface area (Å²) in [5.41, 5.74) is 1.73. The number of anilines is 1. The molecule has 0 unspecified atom stereocenters. The predicted molar refractivity (Wildman–Crippen MR) is 116 cm³/mol. The monoisotopic (exact) mass is 442 g/mol. The molecule has 1 amide bonds. The van der Waals surface area contributed by atoms with Crippen molar-refractivity contribution in [2.45, 2.75) is 0 Å². The van der Waals surface area contributed by atoms with E-state index < -0.39 is 10.8 Å². The normalized spacial score (nSPS) is 15.3. The van der Waals surface area contributed by atoms with Gasteiger partial charge in [0.05, 0.1) is 21.1 Å². The van der Waals surface area contributed by atoms with Crippen molar-refractivity contribution in [2.24, 2.45) is 0 Å². The van der Waals surface area contributed by atoms with Gasteiger partial charge in [-0.1, -0.05) is 35.9 Å². The van der Waals surface area contributed by atoms with Crippen LogP contribution < -0.4 is 4.90 Å². The summed E-state index contributed by atoms with van der Waals surface area (Å²) in [5.74, 6) is -0.435. The number of hydrogen-bond donors (Lipinski definition) is 1. The summed E-state index contributed by atoms with van der Waals surface area (Å²) in [6, 6.07) is 13.3. The lowest BCUT2D eigenvalue weighted by molar-refractivity contribution is -0.385. The minimum absolute atomic E-state index is 0.00293. The van der Waals surface area contributed by atoms with Crippen LogP contribution in [0.5, 0.6) is 0 Å². The number of nitrogens with one attached hydrogen (secondary N) is 1. The molecule has 4 rings (SSSR count). The number of hydrogen-bond acceptors (Lipinski definition) is 7. The van der Waals surface area contributed by atoms with Gasteiger partial charge < -0.3 is 0 Å². The molecule has 2 aromatic carbocycles. The second kappa shape index (κ2) is 7.78. The maximum absolute atomic E-state index is 12.9. The second-order valence-corrected chi connectivity index (χ2v) is 8.20. The molecule has 1 aromatic heterocycles. The highest BCUT2D eigenvalue weighted by molar-refractivity contribution is 8.19. The molecule has 1 aliphatic heterocycles. The molecule has 1 saturated heterocycles. The smallest absolute Gasteiger partial charge is 0.276 e. The molecule has 0 saturated carbocycles. The Labute approximate surface area is 178 Å². The van der Waals surface area contributed by atoms with Gasteiger partial charge in [-0.25, -0.2) is 9.88 Å². The van der Waals surface area contributed by atoms with Crippen LogP contribution >= 0.6 is 34.7 Å². The Kier molecular flexibility index (Phi) is 5.18. The number of benzene rings is 2. The van der Waals surface area contributed by atoms with Crippen molar-refractivity contribution >= 4 is 62.7 Å². The first-order valence-electron chi connectivity index (χ1n) is 8.21. The number of nitro benzene ring substituents is 1. The van der Waals surface area contributed by atoms with Crippen molar-refractivity contribution in [3.63, 3.8) is 0 Å². The molecule has 29 heavy (non-hydrogen) atoms. The fourth-order valence-electron chi connectivity index (χ4n) is 2.70. The maximum Gasteiger partial charge on any atom is 0.276 e. The van der Waals surface area contributed by atoms with Crippen LogP contribution in [-0.2, 0) is 4.79 Å². The topological polar surface area (TPSA) is 100 Å². The molecule has 144 valence electrons. The van der Waals surface area contributed by atoms with E-state index in [2.05, 4.69) is 4.98 Å². The molecule has 7 nitrogen and oxygen atoms in total. The lowest BCUT2D eigenvalue weighted by Gasteiger charge is -2.09. The zero-order chi connectivity index (χ0) is 20.5. The summed E-state index contributed by atoms with van der Waals surface area (Å²) in [5, 5.41) is 22.2. The van der Waals surface area contributed by atoms with E-state index in [1.54, 1.807) is 35.7 Å². The Bertz CT molecular complexity index is 1170. The average molecular weight is 443 g/mol. The average Bonchev–Trinajstić information content (AvgIpc) is 3.27. The van der Waals surface area contributed by atoms with Crippen LogP contribution in [-0.4, -0.2) is 21.0 Å². The molecule has 0 radical (unpaired) electrons. The van der Waals surface area contributed by atoms with E-state index >= 15 is 0 Å². The van der Waals surface area contributed by atoms with Crippen molar-refractivity contribution < 1.29 is 9.72 Å². The van der Waals surface area contributed by atoms with Crippen LogP contribution in [0.3, 0.4) is 0 Å². The molecule has 0 atom stereocenters. The van der Waals surface area contributed by atoms with E-state index in [9.17, 15) is 14.9 Å². The quantitative estimate of drug-likeness (QED) is 0.330. The van der Waals surface area contributed by atoms with Crippen molar-refractivity contribution in [3.05, 3.63) is 79.5 Å². The minimum atomic E-state index is -0.501. The van der Waals surface area contributed by atoms with Gasteiger partial charge in [-0.3, -0.25) is 20.3 Å². The van der Waals surface area contributed by atoms with Gasteiger partial charge in [-0.15, -0.1) is 11.3 Å². The Morgan fingerprint density at radius 2 is 1.90 bits per heavy atom. The first-order chi connectivity index (χ1) is 13.9. The molecule has 0 aliphatic carbocycles. The maximum atomic E-state index is 12.9. The summed E-state index contributed by atoms with van der Waals surface area (Å²) < 4.78 is 0. The molecule has 3 aromatic rings. The summed E-state index contributed by atoms with van der Waals surface area (Å²) in [6.45, 7) is 0. The van der Waals surface area contributed by atoms with Crippen LogP contribution in [0.15, 0.2) is 58.8 Å². The lowest BCUT2D eigenvalue weighted by atomic mass is 10.1. The summed E-state index contributed by atoms with van der Waals surface area (Å²) in [4.78, 5) is 29.5. The predicted octanol–water partition coefficient (Wildman–Crippen LogP) is 5.43. The van der Waals surface area contributed by atoms with Gasteiger partial charge >= 0.3 is 0 Å². The van der Waals surface area contributed by atoms with Crippen LogP contribution in [0.1, 0.15) is 5.56 Å². The van der Waals surface area contributed by atoms with E-state index in [1.807, 2.05) is 12.1 Å². The molecule has 10 heteroatoms. The number of amides is 1. The molecule has 1 N–H and O–H groups in total. The third-order valence-corrected chi connectivity index (χ3v) is 6.03. The number of nitro groups is 1. The Hall–Kier alpha value is -3.01. The first-order valence-corrected chi connectivity index (χ1v) is 10.3. The number of aromatic nitrogens is 1. The van der Waals surface area contributed by atoms with Gasteiger partial charge in [0.2, 0.25) is 0 Å². The fraction of sp³-hybridized carbons (Fsp3) is 0. The SMILES string of the molecule is N=C1S/C(=C\c2ccccc2[N+](=O)[O-])C(=O)N1c1nc(-c2ccc(Cl)cc2)cs1. The highest BCUT2D eigenvalue weighted by Gasteiger charge is 2.36. The molecule has 2 heterocycles. The summed E-state index contributed by atoms with van der Waals surface area (Å²) in [6.07, 6.45) is 1.44. The van der Waals surface area contributed by atoms with Gasteiger partial charge in [-0.05, 0) is 36.0 Å². The van der Waals surface area contributed by atoms with E-state index in [0.29, 0.717) is 21.4 Å². The number of thioether (sulfide) groups is 1. The largest absolute Gasteiger partial charge is 0.278 e. The number of para-hydroxylation sites is 1. The minimum Gasteiger partial charge on any atom is -0.278 e. The molecule has 1 fully saturated rings. The van der Waals surface area contributed by atoms with Gasteiger partial charge in [0.15, 0.2) is 10.3 Å². The van der Waals surface area contributed by atoms with Gasteiger partial charge in [-0.2, -0.15) is 0 Å². The van der Waals surface area contributed by atoms with Crippen LogP contribution in [0.25, 0.3) is 17.3 Å². The number of carbonyl (C=O) groups is 1. The standard InChI is InChI=1S/C19H11ClN4O3S2/c20-13-7-5-11(6-8-13)14-10-28-19(22-14)23-17(25)16(29-18(23)21)9-12-3-1-2-4-15(12)24(26)27/h1-10,21H/b16-9-,21-18?. The summed E-state index contributed by atoms with van der Waals surface area (Å²) >= 11 is 8.10. The van der Waals surface area contributed by atoms with Crippen molar-refractivity contribution in [1.29, 1.82) is 5.41 Å². The van der Waals surface area contributed by atoms with Crippen LogP contribution in [0, 0.1) is 15.5 Å². The zero-order valence-electron chi connectivity index (χ0n) is 14.5. The Balaban J connectivity index is 1.64. The third-order valence-electron chi connectivity index (χ3n) is 4.07. The zero-order valence-corrected chi connectivity index (χ0v) is 16.9. The van der Waals surface area contributed by atoms with E-state index in [-0.39, 0.29) is 15.8 Å². The highest BCUT2D eigenvalue weighted by Crippen LogP contribution is 2.38. The second-order valence-electron chi connectivity index (χ2n) is 5.89. The van der Waals surface area contributed by atoms with Crippen LogP contribution in [0.4, 0.5) is 10.8 Å². The van der Waals surface area contributed by atoms with Gasteiger partial charge in [0.1, 0.15) is 0 Å². The van der Waals surface area contributed by atoms with Crippen molar-refractivity contribution in [1.82, 2.24) is 4.98 Å². The van der Waals surface area contributed by atoms with Crippen LogP contribution in [0.2, 0.25) is 5.02 Å². The number of nitrogens with zero attached hydrogens (tertiary/aromatic N) is 3. The van der Waals surface area contributed by atoms with Crippen molar-refractivity contribution in [3.8, 4) is 11.3 Å². The summed E-state index contributed by atoms with van der Waals surface area (Å²) in [7, 11) is 0. The number of halogens is 1. The molecule has 0 bridgehead atoms. The Morgan fingerprint density at radius 3 is 2.62 bits per heavy atom. The first kappa shape index (κ1) is 19.3. The molecular weight excluding hydrogens is 432 g/mol. The number of rotatable bonds is 4. The lowest BCUT2D eigenvalue weighted by Crippen LogP contribution is -2.27. The highest BCUT2D eigenvalue weighted by atomic mass is 35.5. The number of amidine groups is 1. The number of carbonyl (C=O) groups excluding carboxylic acids is 1. The number of thiazole rings is 1. The third kappa shape index (κ3) is 3.80. The molecule has 0 spiro atoms. The molecular formula is C19H11ClN4O3S2. The van der Waals surface area contributed by atoms with Gasteiger partial charge in [0.25, 0.3) is 11.6 Å².